The molecule has 4 nitrogen and oxygen atoms in total. The number of hydrogen-bond donors (Lipinski definition) is 1. The molecule has 0 atom stereocenters. The van der Waals surface area contributed by atoms with Gasteiger partial charge in [0.2, 0.25) is 5.89 Å². The number of benzene rings is 1. The largest absolute Gasteiger partial charge is 0.480 e. The summed E-state index contributed by atoms with van der Waals surface area (Å²) in [6, 6.07) is 6.10. The normalized spacial score (nSPS) is 16.5. The van der Waals surface area contributed by atoms with E-state index in [4.69, 9.17) is 9.52 Å². The Bertz CT molecular complexity index is 616. The van der Waals surface area contributed by atoms with E-state index in [0.29, 0.717) is 18.6 Å². The van der Waals surface area contributed by atoms with E-state index in [1.807, 2.05) is 0 Å². The summed E-state index contributed by atoms with van der Waals surface area (Å²) in [5, 5.41) is 9.13. The van der Waals surface area contributed by atoms with Gasteiger partial charge in [-0.15, -0.1) is 0 Å². The van der Waals surface area contributed by atoms with Crippen LogP contribution in [0, 0.1) is 5.82 Å². The molecule has 0 saturated heterocycles. The molecular weight excluding hydrogens is 237 g/mol. The quantitative estimate of drug-likeness (QED) is 0.905. The highest BCUT2D eigenvalue weighted by molar-refractivity contribution is 5.84. The van der Waals surface area contributed by atoms with Gasteiger partial charge in [-0.2, -0.15) is 0 Å². The zero-order valence-corrected chi connectivity index (χ0v) is 9.39. The molecule has 0 aliphatic heterocycles. The van der Waals surface area contributed by atoms with Crippen LogP contribution in [0.5, 0.6) is 0 Å². The van der Waals surface area contributed by atoms with Crippen LogP contribution in [0.3, 0.4) is 0 Å². The first kappa shape index (κ1) is 11.0. The summed E-state index contributed by atoms with van der Waals surface area (Å²) < 4.78 is 18.9. The molecule has 3 rings (SSSR count). The number of oxazole rings is 1. The monoisotopic (exact) mass is 247 g/mol. The minimum atomic E-state index is -0.948. The van der Waals surface area contributed by atoms with Crippen LogP contribution in [-0.2, 0) is 10.2 Å². The van der Waals surface area contributed by atoms with Crippen LogP contribution in [0.4, 0.5) is 4.39 Å². The highest BCUT2D eigenvalue weighted by Crippen LogP contribution is 2.49. The number of halogens is 1. The summed E-state index contributed by atoms with van der Waals surface area (Å²) in [6.45, 7) is 0. The van der Waals surface area contributed by atoms with Crippen LogP contribution in [-0.4, -0.2) is 16.1 Å². The van der Waals surface area contributed by atoms with Gasteiger partial charge in [-0.1, -0.05) is 12.1 Å². The van der Waals surface area contributed by atoms with Crippen molar-refractivity contribution in [3.05, 3.63) is 42.0 Å². The average Bonchev–Trinajstić information content (AvgIpc) is 3.03. The molecule has 1 aromatic carbocycles. The zero-order valence-electron chi connectivity index (χ0n) is 9.39. The predicted octanol–water partition coefficient (Wildman–Crippen LogP) is 2.60. The summed E-state index contributed by atoms with van der Waals surface area (Å²) in [5.41, 5.74) is -0.707. The summed E-state index contributed by atoms with van der Waals surface area (Å²) in [7, 11) is 0. The number of nitrogens with zero attached hydrogens (tertiary/aromatic N) is 1. The molecule has 1 aliphatic rings. The summed E-state index contributed by atoms with van der Waals surface area (Å²) in [6.07, 6.45) is 2.45. The Balaban J connectivity index is 2.01. The standard InChI is InChI=1S/C13H10FNO3/c14-9-4-2-1-3-8(9)11-15-7-10(18-11)13(5-6-13)12(16)17/h1-4,7H,5-6H2,(H,16,17). The second-order valence-corrected chi connectivity index (χ2v) is 4.40. The number of aromatic nitrogens is 1. The van der Waals surface area contributed by atoms with Crippen molar-refractivity contribution < 1.29 is 18.7 Å². The molecule has 1 aromatic heterocycles. The van der Waals surface area contributed by atoms with Crippen molar-refractivity contribution in [1.82, 2.24) is 4.98 Å². The van der Waals surface area contributed by atoms with E-state index in [-0.39, 0.29) is 11.5 Å². The predicted molar refractivity (Wildman–Crippen MR) is 60.4 cm³/mol. The van der Waals surface area contributed by atoms with Crippen molar-refractivity contribution >= 4 is 5.97 Å². The molecule has 0 radical (unpaired) electrons. The third-order valence-electron chi connectivity index (χ3n) is 3.24. The number of carboxylic acid groups (broad SMARTS) is 1. The van der Waals surface area contributed by atoms with Crippen LogP contribution < -0.4 is 0 Å². The summed E-state index contributed by atoms with van der Waals surface area (Å²) in [4.78, 5) is 15.1. The van der Waals surface area contributed by atoms with Crippen LogP contribution in [0.15, 0.2) is 34.9 Å². The molecule has 0 amide bonds. The molecular formula is C13H10FNO3. The van der Waals surface area contributed by atoms with E-state index >= 15 is 0 Å². The summed E-state index contributed by atoms with van der Waals surface area (Å²) in [5.74, 6) is -0.936. The average molecular weight is 247 g/mol. The number of carbonyl (C=O) groups is 1. The molecule has 1 N–H and O–H groups in total. The van der Waals surface area contributed by atoms with E-state index in [0.717, 1.165) is 0 Å². The highest BCUT2D eigenvalue weighted by Gasteiger charge is 2.55. The number of aliphatic carboxylic acids is 1. The molecule has 1 saturated carbocycles. The van der Waals surface area contributed by atoms with Gasteiger partial charge in [0.15, 0.2) is 0 Å². The van der Waals surface area contributed by atoms with Gasteiger partial charge in [0.25, 0.3) is 0 Å². The maximum absolute atomic E-state index is 13.5. The van der Waals surface area contributed by atoms with Crippen LogP contribution >= 0.6 is 0 Å². The molecule has 1 aliphatic carbocycles. The SMILES string of the molecule is O=C(O)C1(c2cnc(-c3ccccc3F)o2)CC1. The fourth-order valence-electron chi connectivity index (χ4n) is 1.95. The number of carboxylic acids is 1. The Labute approximate surface area is 102 Å². The Morgan fingerprint density at radius 3 is 2.72 bits per heavy atom. The molecule has 0 spiro atoms. The van der Waals surface area contributed by atoms with Crippen molar-refractivity contribution in [2.75, 3.05) is 0 Å². The van der Waals surface area contributed by atoms with E-state index in [1.165, 1.54) is 12.3 Å². The van der Waals surface area contributed by atoms with Crippen LogP contribution in [0.2, 0.25) is 0 Å². The summed E-state index contributed by atoms with van der Waals surface area (Å²) >= 11 is 0. The molecule has 92 valence electrons. The highest BCUT2D eigenvalue weighted by atomic mass is 19.1. The van der Waals surface area contributed by atoms with Crippen molar-refractivity contribution in [3.8, 4) is 11.5 Å². The molecule has 2 aromatic rings. The van der Waals surface area contributed by atoms with Gasteiger partial charge in [-0.3, -0.25) is 4.79 Å². The number of rotatable bonds is 3. The first-order valence-electron chi connectivity index (χ1n) is 5.58. The smallest absolute Gasteiger partial charge is 0.317 e. The maximum Gasteiger partial charge on any atom is 0.317 e. The lowest BCUT2D eigenvalue weighted by atomic mass is 10.1. The third-order valence-corrected chi connectivity index (χ3v) is 3.24. The lowest BCUT2D eigenvalue weighted by Gasteiger charge is -2.04. The zero-order chi connectivity index (χ0) is 12.8. The Kier molecular flexibility index (Phi) is 2.23. The lowest BCUT2D eigenvalue weighted by Crippen LogP contribution is -2.18. The molecule has 1 heterocycles. The topological polar surface area (TPSA) is 63.3 Å². The van der Waals surface area contributed by atoms with E-state index in [2.05, 4.69) is 4.98 Å². The minimum absolute atomic E-state index is 0.121. The Hall–Kier alpha value is -2.17. The van der Waals surface area contributed by atoms with Crippen LogP contribution in [0.1, 0.15) is 18.6 Å². The van der Waals surface area contributed by atoms with Gasteiger partial charge in [-0.25, -0.2) is 9.37 Å². The van der Waals surface area contributed by atoms with Gasteiger partial charge in [0.1, 0.15) is 17.0 Å². The maximum atomic E-state index is 13.5. The third kappa shape index (κ3) is 1.51. The van der Waals surface area contributed by atoms with E-state index < -0.39 is 17.2 Å². The fraction of sp³-hybridized carbons (Fsp3) is 0.231. The van der Waals surface area contributed by atoms with Gasteiger partial charge < -0.3 is 9.52 Å². The Morgan fingerprint density at radius 2 is 2.11 bits per heavy atom. The molecule has 0 unspecified atom stereocenters. The molecule has 0 bridgehead atoms. The molecule has 5 heteroatoms. The number of hydrogen-bond acceptors (Lipinski definition) is 3. The molecule has 18 heavy (non-hydrogen) atoms. The minimum Gasteiger partial charge on any atom is -0.480 e. The molecule has 1 fully saturated rings. The van der Waals surface area contributed by atoms with Gasteiger partial charge in [0, 0.05) is 0 Å². The second kappa shape index (κ2) is 3.66. The lowest BCUT2D eigenvalue weighted by molar-refractivity contribution is -0.140. The van der Waals surface area contributed by atoms with E-state index in [1.54, 1.807) is 18.2 Å². The second-order valence-electron chi connectivity index (χ2n) is 4.40. The first-order chi connectivity index (χ1) is 8.63. The van der Waals surface area contributed by atoms with Crippen molar-refractivity contribution in [1.29, 1.82) is 0 Å². The van der Waals surface area contributed by atoms with Crippen molar-refractivity contribution in [2.45, 2.75) is 18.3 Å². The van der Waals surface area contributed by atoms with Crippen molar-refractivity contribution in [2.24, 2.45) is 0 Å². The van der Waals surface area contributed by atoms with Gasteiger partial charge >= 0.3 is 5.97 Å². The first-order valence-corrected chi connectivity index (χ1v) is 5.58. The van der Waals surface area contributed by atoms with Crippen LogP contribution in [0.25, 0.3) is 11.5 Å². The van der Waals surface area contributed by atoms with Gasteiger partial charge in [0.05, 0.1) is 11.8 Å². The van der Waals surface area contributed by atoms with Gasteiger partial charge in [-0.05, 0) is 25.0 Å². The van der Waals surface area contributed by atoms with Crippen molar-refractivity contribution in [3.63, 3.8) is 0 Å². The van der Waals surface area contributed by atoms with E-state index in [9.17, 15) is 9.18 Å². The fourth-order valence-corrected chi connectivity index (χ4v) is 1.95. The Morgan fingerprint density at radius 1 is 1.39 bits per heavy atom.